The first-order valence-electron chi connectivity index (χ1n) is 10.2. The minimum absolute atomic E-state index is 0.0174. The number of halogens is 3. The summed E-state index contributed by atoms with van der Waals surface area (Å²) in [4.78, 5) is 28.3. The summed E-state index contributed by atoms with van der Waals surface area (Å²) in [6.07, 6.45) is 0. The molecule has 1 aliphatic heterocycles. The smallest absolute Gasteiger partial charge is 0.255 e. The number of hydrogen-bond donors (Lipinski definition) is 0. The molecule has 0 unspecified atom stereocenters. The Hall–Kier alpha value is -3.19. The number of hydrogen-bond acceptors (Lipinski definition) is 2. The van der Waals surface area contributed by atoms with Gasteiger partial charge in [0.15, 0.2) is 0 Å². The Morgan fingerprint density at radius 3 is 2.12 bits per heavy atom. The highest BCUT2D eigenvalue weighted by Crippen LogP contribution is 2.32. The van der Waals surface area contributed by atoms with Crippen molar-refractivity contribution in [2.24, 2.45) is 0 Å². The summed E-state index contributed by atoms with van der Waals surface area (Å²) >= 11 is 6.02. The molecule has 3 aromatic rings. The quantitative estimate of drug-likeness (QED) is 0.573. The van der Waals surface area contributed by atoms with Crippen LogP contribution in [0, 0.1) is 18.6 Å². The van der Waals surface area contributed by atoms with Crippen LogP contribution in [-0.2, 0) is 4.79 Å². The third-order valence-corrected chi connectivity index (χ3v) is 6.03. The zero-order chi connectivity index (χ0) is 23.0. The summed E-state index contributed by atoms with van der Waals surface area (Å²) in [6, 6.07) is 12.1. The number of benzene rings is 2. The van der Waals surface area contributed by atoms with Crippen LogP contribution in [-0.4, -0.2) is 52.4 Å². The molecule has 2 amide bonds. The first-order valence-corrected chi connectivity index (χ1v) is 10.6. The third kappa shape index (κ3) is 4.12. The van der Waals surface area contributed by atoms with E-state index in [0.717, 1.165) is 11.6 Å². The highest BCUT2D eigenvalue weighted by molar-refractivity contribution is 6.30. The third-order valence-electron chi connectivity index (χ3n) is 5.78. The summed E-state index contributed by atoms with van der Waals surface area (Å²) in [5, 5.41) is 0.552. The lowest BCUT2D eigenvalue weighted by Crippen LogP contribution is -2.50. The highest BCUT2D eigenvalue weighted by Gasteiger charge is 2.27. The Morgan fingerprint density at radius 2 is 1.53 bits per heavy atom. The number of nitrogens with zero attached hydrogens (tertiary/aromatic N) is 3. The summed E-state index contributed by atoms with van der Waals surface area (Å²) < 4.78 is 29.9. The van der Waals surface area contributed by atoms with Crippen molar-refractivity contribution in [3.8, 4) is 16.9 Å². The van der Waals surface area contributed by atoms with E-state index in [9.17, 15) is 18.4 Å². The van der Waals surface area contributed by atoms with Gasteiger partial charge in [-0.1, -0.05) is 23.7 Å². The van der Waals surface area contributed by atoms with E-state index < -0.39 is 11.6 Å². The van der Waals surface area contributed by atoms with Gasteiger partial charge in [-0.2, -0.15) is 0 Å². The second-order valence-electron chi connectivity index (χ2n) is 7.76. The van der Waals surface area contributed by atoms with Crippen molar-refractivity contribution >= 4 is 23.4 Å². The lowest BCUT2D eigenvalue weighted by molar-refractivity contribution is -0.130. The fourth-order valence-corrected chi connectivity index (χ4v) is 4.15. The average molecular weight is 458 g/mol. The van der Waals surface area contributed by atoms with Crippen LogP contribution in [0.3, 0.4) is 0 Å². The minimum atomic E-state index is -0.729. The predicted octanol–water partition coefficient (Wildman–Crippen LogP) is 4.69. The normalized spacial score (nSPS) is 14.0. The number of piperazine rings is 1. The van der Waals surface area contributed by atoms with Crippen molar-refractivity contribution in [2.45, 2.75) is 13.8 Å². The Balaban J connectivity index is 1.78. The molecule has 2 aromatic carbocycles. The Kier molecular flexibility index (Phi) is 6.02. The van der Waals surface area contributed by atoms with E-state index in [1.54, 1.807) is 51.6 Å². The van der Waals surface area contributed by atoms with Gasteiger partial charge in [0.25, 0.3) is 5.91 Å². The number of amides is 2. The molecule has 8 heteroatoms. The zero-order valence-corrected chi connectivity index (χ0v) is 18.5. The van der Waals surface area contributed by atoms with E-state index in [0.29, 0.717) is 48.2 Å². The average Bonchev–Trinajstić information content (AvgIpc) is 3.11. The first kappa shape index (κ1) is 22.0. The molecule has 0 saturated carbocycles. The molecule has 0 radical (unpaired) electrons. The monoisotopic (exact) mass is 457 g/mol. The van der Waals surface area contributed by atoms with Gasteiger partial charge in [0.1, 0.15) is 11.6 Å². The molecule has 0 spiro atoms. The molecular weight excluding hydrogens is 436 g/mol. The summed E-state index contributed by atoms with van der Waals surface area (Å²) in [5.41, 5.74) is 2.45. The van der Waals surface area contributed by atoms with Crippen molar-refractivity contribution in [3.05, 3.63) is 76.4 Å². The van der Waals surface area contributed by atoms with Crippen LogP contribution in [0.2, 0.25) is 5.02 Å². The number of carbonyl (C=O) groups excluding carboxylic acids is 2. The van der Waals surface area contributed by atoms with E-state index in [1.165, 1.54) is 19.1 Å². The topological polar surface area (TPSA) is 45.6 Å². The van der Waals surface area contributed by atoms with Gasteiger partial charge in [0.05, 0.1) is 16.9 Å². The molecule has 32 heavy (non-hydrogen) atoms. The van der Waals surface area contributed by atoms with E-state index >= 15 is 0 Å². The van der Waals surface area contributed by atoms with E-state index in [4.69, 9.17) is 11.6 Å². The van der Waals surface area contributed by atoms with Crippen LogP contribution >= 0.6 is 11.6 Å². The maximum atomic E-state index is 14.7. The Bertz CT molecular complexity index is 1180. The van der Waals surface area contributed by atoms with Crippen molar-refractivity contribution in [1.29, 1.82) is 0 Å². The SMILES string of the molecule is CC(=O)N1CCN(C(=O)c2cc(-c3ccc(Cl)cc3)n(-c3ccc(F)cc3F)c2C)CC1. The summed E-state index contributed by atoms with van der Waals surface area (Å²) in [7, 11) is 0. The Labute approximate surface area is 189 Å². The van der Waals surface area contributed by atoms with E-state index in [1.807, 2.05) is 0 Å². The van der Waals surface area contributed by atoms with Gasteiger partial charge in [0.2, 0.25) is 5.91 Å². The summed E-state index contributed by atoms with van der Waals surface area (Å²) in [5.74, 6) is -1.62. The van der Waals surface area contributed by atoms with Crippen molar-refractivity contribution < 1.29 is 18.4 Å². The van der Waals surface area contributed by atoms with Crippen LogP contribution in [0.4, 0.5) is 8.78 Å². The zero-order valence-electron chi connectivity index (χ0n) is 17.7. The van der Waals surface area contributed by atoms with Gasteiger partial charge in [-0.15, -0.1) is 0 Å². The van der Waals surface area contributed by atoms with Crippen LogP contribution < -0.4 is 0 Å². The van der Waals surface area contributed by atoms with Crippen LogP contribution in [0.15, 0.2) is 48.5 Å². The molecular formula is C24H22ClF2N3O2. The van der Waals surface area contributed by atoms with Crippen LogP contribution in [0.5, 0.6) is 0 Å². The molecule has 1 saturated heterocycles. The maximum absolute atomic E-state index is 14.7. The largest absolute Gasteiger partial charge is 0.339 e. The second-order valence-corrected chi connectivity index (χ2v) is 8.20. The molecule has 0 atom stereocenters. The molecule has 0 bridgehead atoms. The number of rotatable bonds is 3. The minimum Gasteiger partial charge on any atom is -0.339 e. The van der Waals surface area contributed by atoms with Crippen molar-refractivity contribution in [1.82, 2.24) is 14.4 Å². The van der Waals surface area contributed by atoms with Gasteiger partial charge in [0, 0.05) is 49.9 Å². The van der Waals surface area contributed by atoms with Gasteiger partial charge < -0.3 is 14.4 Å². The van der Waals surface area contributed by atoms with Gasteiger partial charge in [-0.05, 0) is 42.8 Å². The second kappa shape index (κ2) is 8.74. The number of carbonyl (C=O) groups is 2. The van der Waals surface area contributed by atoms with Gasteiger partial charge in [-0.25, -0.2) is 8.78 Å². The standard InChI is InChI=1S/C24H22ClF2N3O2/c1-15-20(24(32)29-11-9-28(10-12-29)16(2)31)14-23(17-3-5-18(25)6-4-17)30(15)22-8-7-19(26)13-21(22)27/h3-8,13-14H,9-12H2,1-2H3. The molecule has 4 rings (SSSR count). The fourth-order valence-electron chi connectivity index (χ4n) is 4.02. The molecule has 166 valence electrons. The molecule has 5 nitrogen and oxygen atoms in total. The molecule has 2 heterocycles. The van der Waals surface area contributed by atoms with Crippen molar-refractivity contribution in [2.75, 3.05) is 26.2 Å². The molecule has 1 aliphatic rings. The predicted molar refractivity (Wildman–Crippen MR) is 119 cm³/mol. The van der Waals surface area contributed by atoms with E-state index in [2.05, 4.69) is 0 Å². The van der Waals surface area contributed by atoms with Gasteiger partial charge in [-0.3, -0.25) is 9.59 Å². The molecule has 1 fully saturated rings. The molecule has 0 aliphatic carbocycles. The lowest BCUT2D eigenvalue weighted by atomic mass is 10.1. The summed E-state index contributed by atoms with van der Waals surface area (Å²) in [6.45, 7) is 5.03. The maximum Gasteiger partial charge on any atom is 0.255 e. The Morgan fingerprint density at radius 1 is 0.906 bits per heavy atom. The van der Waals surface area contributed by atoms with Crippen LogP contribution in [0.25, 0.3) is 16.9 Å². The van der Waals surface area contributed by atoms with Gasteiger partial charge >= 0.3 is 0 Å². The molecule has 1 aromatic heterocycles. The first-order chi connectivity index (χ1) is 15.3. The molecule has 0 N–H and O–H groups in total. The highest BCUT2D eigenvalue weighted by atomic mass is 35.5. The lowest BCUT2D eigenvalue weighted by Gasteiger charge is -2.34. The number of aromatic nitrogens is 1. The van der Waals surface area contributed by atoms with Crippen LogP contribution in [0.1, 0.15) is 23.0 Å². The fraction of sp³-hybridized carbons (Fsp3) is 0.250. The van der Waals surface area contributed by atoms with Crippen molar-refractivity contribution in [3.63, 3.8) is 0 Å². The van der Waals surface area contributed by atoms with E-state index in [-0.39, 0.29) is 17.5 Å².